The number of nitrogens with zero attached hydrogens (tertiary/aromatic N) is 2. The molecule has 3 aromatic rings. The first-order valence-electron chi connectivity index (χ1n) is 10.4. The van der Waals surface area contributed by atoms with Crippen molar-refractivity contribution in [3.05, 3.63) is 86.4 Å². The minimum atomic E-state index is -0.419. The number of hydrogen-bond acceptors (Lipinski definition) is 5. The number of piperazine rings is 1. The van der Waals surface area contributed by atoms with Crippen molar-refractivity contribution < 1.29 is 4.39 Å². The van der Waals surface area contributed by atoms with Crippen LogP contribution in [0.25, 0.3) is 0 Å². The van der Waals surface area contributed by atoms with Gasteiger partial charge >= 0.3 is 0 Å². The van der Waals surface area contributed by atoms with Crippen LogP contribution < -0.4 is 26.0 Å². The van der Waals surface area contributed by atoms with E-state index in [1.54, 1.807) is 12.1 Å². The van der Waals surface area contributed by atoms with Crippen LogP contribution in [0.15, 0.2) is 64.2 Å². The van der Waals surface area contributed by atoms with E-state index in [4.69, 9.17) is 0 Å². The van der Waals surface area contributed by atoms with Crippen molar-refractivity contribution >= 4 is 17.1 Å². The lowest BCUT2D eigenvalue weighted by atomic mass is 10.0. The Morgan fingerprint density at radius 1 is 0.900 bits per heavy atom. The molecule has 0 bridgehead atoms. The van der Waals surface area contributed by atoms with E-state index in [1.807, 2.05) is 30.0 Å². The number of rotatable bonds is 7. The molecule has 1 heterocycles. The van der Waals surface area contributed by atoms with Gasteiger partial charge in [0, 0.05) is 37.9 Å². The van der Waals surface area contributed by atoms with Gasteiger partial charge in [0.2, 0.25) is 0 Å². The molecule has 0 radical (unpaired) electrons. The lowest BCUT2D eigenvalue weighted by Crippen LogP contribution is -2.52. The van der Waals surface area contributed by atoms with Crippen LogP contribution in [0.4, 0.5) is 21.5 Å². The molecule has 4 rings (SSSR count). The van der Waals surface area contributed by atoms with Gasteiger partial charge in [0.1, 0.15) is 17.2 Å². The standard InChI is InChI=1S/C24H26FN3O2/c1-17(7-8-18-5-3-2-4-6-18)26-21-22(24(30)23(21)29)28-15-13-27(14-16-28)20-11-9-19(25)10-12-20/h2-6,9-12,17,26H,7-8,13-16H2,1H3. The van der Waals surface area contributed by atoms with Crippen LogP contribution in [0.3, 0.4) is 0 Å². The van der Waals surface area contributed by atoms with E-state index in [-0.39, 0.29) is 11.9 Å². The summed E-state index contributed by atoms with van der Waals surface area (Å²) in [4.78, 5) is 28.6. The molecule has 0 amide bonds. The highest BCUT2D eigenvalue weighted by molar-refractivity contribution is 5.76. The average molecular weight is 407 g/mol. The Morgan fingerprint density at radius 2 is 1.53 bits per heavy atom. The zero-order valence-corrected chi connectivity index (χ0v) is 17.1. The summed E-state index contributed by atoms with van der Waals surface area (Å²) in [6, 6.07) is 16.8. The molecule has 0 aliphatic carbocycles. The van der Waals surface area contributed by atoms with Crippen LogP contribution in [-0.4, -0.2) is 32.2 Å². The highest BCUT2D eigenvalue weighted by atomic mass is 19.1. The second kappa shape index (κ2) is 8.69. The summed E-state index contributed by atoms with van der Waals surface area (Å²) in [5.74, 6) is -0.252. The Balaban J connectivity index is 1.36. The maximum atomic E-state index is 13.1. The molecule has 3 aromatic carbocycles. The maximum Gasteiger partial charge on any atom is 0.253 e. The van der Waals surface area contributed by atoms with Crippen LogP contribution in [0.2, 0.25) is 0 Å². The van der Waals surface area contributed by atoms with Gasteiger partial charge < -0.3 is 15.1 Å². The van der Waals surface area contributed by atoms with E-state index in [0.717, 1.165) is 18.5 Å². The molecule has 0 aromatic heterocycles. The summed E-state index contributed by atoms with van der Waals surface area (Å²) in [6.45, 7) is 4.77. The largest absolute Gasteiger partial charge is 0.377 e. The molecule has 5 nitrogen and oxygen atoms in total. The molecule has 0 saturated carbocycles. The summed E-state index contributed by atoms with van der Waals surface area (Å²) < 4.78 is 13.1. The fourth-order valence-corrected chi connectivity index (χ4v) is 4.00. The van der Waals surface area contributed by atoms with E-state index in [0.29, 0.717) is 37.6 Å². The monoisotopic (exact) mass is 407 g/mol. The zero-order valence-electron chi connectivity index (χ0n) is 17.1. The Hall–Kier alpha value is -3.15. The van der Waals surface area contributed by atoms with Crippen LogP contribution in [0.1, 0.15) is 18.9 Å². The van der Waals surface area contributed by atoms with Gasteiger partial charge in [-0.15, -0.1) is 0 Å². The third-order valence-corrected chi connectivity index (χ3v) is 5.77. The minimum Gasteiger partial charge on any atom is -0.377 e. The number of aryl methyl sites for hydroxylation is 1. The molecule has 1 unspecified atom stereocenters. The van der Waals surface area contributed by atoms with Gasteiger partial charge in [-0.25, -0.2) is 4.39 Å². The zero-order chi connectivity index (χ0) is 21.1. The van der Waals surface area contributed by atoms with Crippen molar-refractivity contribution in [1.82, 2.24) is 0 Å². The molecule has 0 spiro atoms. The van der Waals surface area contributed by atoms with Crippen LogP contribution >= 0.6 is 0 Å². The Bertz CT molecular complexity index is 1050. The molecule has 6 heteroatoms. The average Bonchev–Trinajstić information content (AvgIpc) is 2.79. The number of nitrogens with one attached hydrogen (secondary N) is 1. The Labute approximate surface area is 175 Å². The maximum absolute atomic E-state index is 13.1. The number of halogens is 1. The van der Waals surface area contributed by atoms with Crippen molar-refractivity contribution in [1.29, 1.82) is 0 Å². The molecule has 1 aliphatic rings. The molecule has 1 N–H and O–H groups in total. The molecule has 30 heavy (non-hydrogen) atoms. The predicted octanol–water partition coefficient (Wildman–Crippen LogP) is 3.18. The quantitative estimate of drug-likeness (QED) is 0.610. The van der Waals surface area contributed by atoms with Gasteiger partial charge in [0.05, 0.1) is 0 Å². The molecule has 1 saturated heterocycles. The lowest BCUT2D eigenvalue weighted by molar-refractivity contribution is 0.624. The molecule has 1 aliphatic heterocycles. The third kappa shape index (κ3) is 4.22. The van der Waals surface area contributed by atoms with Crippen LogP contribution in [-0.2, 0) is 6.42 Å². The van der Waals surface area contributed by atoms with E-state index in [2.05, 4.69) is 22.3 Å². The summed E-state index contributed by atoms with van der Waals surface area (Å²) >= 11 is 0. The highest BCUT2D eigenvalue weighted by Gasteiger charge is 2.29. The van der Waals surface area contributed by atoms with E-state index in [1.165, 1.54) is 17.7 Å². The fraction of sp³-hybridized carbons (Fsp3) is 0.333. The number of benzene rings is 2. The highest BCUT2D eigenvalue weighted by Crippen LogP contribution is 2.25. The first-order valence-corrected chi connectivity index (χ1v) is 10.4. The number of anilines is 3. The molecule has 156 valence electrons. The van der Waals surface area contributed by atoms with Gasteiger partial charge in [0.25, 0.3) is 10.9 Å². The molecule has 1 fully saturated rings. The predicted molar refractivity (Wildman–Crippen MR) is 120 cm³/mol. The summed E-state index contributed by atoms with van der Waals surface area (Å²) in [5, 5.41) is 3.28. The summed E-state index contributed by atoms with van der Waals surface area (Å²) in [7, 11) is 0. The Morgan fingerprint density at radius 3 is 2.20 bits per heavy atom. The van der Waals surface area contributed by atoms with Crippen LogP contribution in [0.5, 0.6) is 0 Å². The van der Waals surface area contributed by atoms with Crippen molar-refractivity contribution in [2.24, 2.45) is 0 Å². The van der Waals surface area contributed by atoms with Gasteiger partial charge in [-0.05, 0) is 49.6 Å². The molecular formula is C24H26FN3O2. The lowest BCUT2D eigenvalue weighted by Gasteiger charge is -2.38. The van der Waals surface area contributed by atoms with Gasteiger partial charge in [-0.3, -0.25) is 9.59 Å². The van der Waals surface area contributed by atoms with Gasteiger partial charge in [-0.2, -0.15) is 0 Å². The second-order valence-electron chi connectivity index (χ2n) is 7.90. The fourth-order valence-electron chi connectivity index (χ4n) is 4.00. The van der Waals surface area contributed by atoms with Crippen molar-refractivity contribution in [3.8, 4) is 0 Å². The SMILES string of the molecule is CC(CCc1ccccc1)Nc1c(N2CCN(c3ccc(F)cc3)CC2)c(=O)c1=O. The summed E-state index contributed by atoms with van der Waals surface area (Å²) in [6.07, 6.45) is 1.79. The first-order chi connectivity index (χ1) is 14.5. The van der Waals surface area contributed by atoms with Crippen molar-refractivity contribution in [2.75, 3.05) is 41.3 Å². The second-order valence-corrected chi connectivity index (χ2v) is 7.90. The number of hydrogen-bond donors (Lipinski definition) is 1. The Kier molecular flexibility index (Phi) is 5.84. The van der Waals surface area contributed by atoms with Gasteiger partial charge in [-0.1, -0.05) is 30.3 Å². The third-order valence-electron chi connectivity index (χ3n) is 5.77. The topological polar surface area (TPSA) is 52.6 Å². The van der Waals surface area contributed by atoms with E-state index < -0.39 is 10.9 Å². The smallest absolute Gasteiger partial charge is 0.253 e. The van der Waals surface area contributed by atoms with E-state index >= 15 is 0 Å². The van der Waals surface area contributed by atoms with Gasteiger partial charge in [0.15, 0.2) is 0 Å². The summed E-state index contributed by atoms with van der Waals surface area (Å²) in [5.41, 5.74) is 2.38. The minimum absolute atomic E-state index is 0.0905. The normalized spacial score (nSPS) is 15.4. The molecule has 1 atom stereocenters. The first kappa shape index (κ1) is 20.1. The van der Waals surface area contributed by atoms with Crippen molar-refractivity contribution in [2.45, 2.75) is 25.8 Å². The van der Waals surface area contributed by atoms with E-state index in [9.17, 15) is 14.0 Å². The van der Waals surface area contributed by atoms with Crippen LogP contribution in [0, 0.1) is 5.82 Å². The molecular weight excluding hydrogens is 381 g/mol. The van der Waals surface area contributed by atoms with Crippen molar-refractivity contribution in [3.63, 3.8) is 0 Å².